The summed E-state index contributed by atoms with van der Waals surface area (Å²) in [5.74, 6) is -0.677. The summed E-state index contributed by atoms with van der Waals surface area (Å²) in [5.41, 5.74) is 3.25. The molecule has 1 aliphatic heterocycles. The van der Waals surface area contributed by atoms with E-state index in [0.29, 0.717) is 24.5 Å². The van der Waals surface area contributed by atoms with Gasteiger partial charge < -0.3 is 19.5 Å². The zero-order valence-corrected chi connectivity index (χ0v) is 12.8. The van der Waals surface area contributed by atoms with Crippen molar-refractivity contribution in [2.75, 3.05) is 32.7 Å². The number of ether oxygens (including phenoxy) is 3. The molecule has 0 saturated carbocycles. The van der Waals surface area contributed by atoms with Crippen molar-refractivity contribution in [3.8, 4) is 5.75 Å². The number of methoxy groups -OCH3 is 2. The number of hydrogen-bond acceptors (Lipinski definition) is 6. The number of carbonyl (C=O) groups is 2. The van der Waals surface area contributed by atoms with E-state index >= 15 is 0 Å². The van der Waals surface area contributed by atoms with E-state index in [1.807, 2.05) is 0 Å². The van der Waals surface area contributed by atoms with Crippen LogP contribution in [0.3, 0.4) is 0 Å². The lowest BCUT2D eigenvalue weighted by Gasteiger charge is -2.30. The van der Waals surface area contributed by atoms with E-state index < -0.39 is 11.9 Å². The van der Waals surface area contributed by atoms with Crippen molar-refractivity contribution < 1.29 is 23.8 Å². The summed E-state index contributed by atoms with van der Waals surface area (Å²) in [6.45, 7) is 1.12. The lowest BCUT2D eigenvalue weighted by atomic mass is 9.83. The smallest absolute Gasteiger partial charge is 0.342 e. The van der Waals surface area contributed by atoms with Crippen molar-refractivity contribution in [1.82, 2.24) is 0 Å². The van der Waals surface area contributed by atoms with Crippen LogP contribution in [0.4, 0.5) is 5.69 Å². The zero-order valence-electron chi connectivity index (χ0n) is 12.8. The summed E-state index contributed by atoms with van der Waals surface area (Å²) in [4.78, 5) is 24.6. The molecule has 0 atom stereocenters. The van der Waals surface area contributed by atoms with Gasteiger partial charge in [-0.05, 0) is 36.8 Å². The van der Waals surface area contributed by atoms with E-state index in [9.17, 15) is 9.59 Å². The van der Waals surface area contributed by atoms with Gasteiger partial charge in [0.05, 0.1) is 25.5 Å². The molecule has 6 heteroatoms. The fraction of sp³-hybridized carbons (Fsp3) is 0.500. The minimum absolute atomic E-state index is 0.178. The molecule has 0 unspecified atom stereocenters. The van der Waals surface area contributed by atoms with Gasteiger partial charge in [0.2, 0.25) is 0 Å². The largest absolute Gasteiger partial charge is 0.489 e. The van der Waals surface area contributed by atoms with Crippen molar-refractivity contribution in [3.63, 3.8) is 0 Å². The van der Waals surface area contributed by atoms with Gasteiger partial charge in [-0.3, -0.25) is 0 Å². The zero-order chi connectivity index (χ0) is 15.7. The molecule has 0 aromatic heterocycles. The first-order valence-electron chi connectivity index (χ1n) is 7.44. The third-order valence-electron chi connectivity index (χ3n) is 4.20. The number of anilines is 1. The van der Waals surface area contributed by atoms with Gasteiger partial charge in [-0.15, -0.1) is 0 Å². The van der Waals surface area contributed by atoms with Gasteiger partial charge in [-0.1, -0.05) is 0 Å². The van der Waals surface area contributed by atoms with Crippen LogP contribution in [0, 0.1) is 0 Å². The maximum absolute atomic E-state index is 12.3. The number of nitrogens with one attached hydrogen (secondary N) is 1. The van der Waals surface area contributed by atoms with Crippen LogP contribution in [0.2, 0.25) is 0 Å². The lowest BCUT2D eigenvalue weighted by Crippen LogP contribution is -2.27. The topological polar surface area (TPSA) is 73.9 Å². The summed E-state index contributed by atoms with van der Waals surface area (Å²) in [6.07, 6.45) is 3.65. The number of carbonyl (C=O) groups excluding carboxylic acids is 2. The molecular formula is C16H19NO5. The normalized spacial score (nSPS) is 15.7. The monoisotopic (exact) mass is 305 g/mol. The highest BCUT2D eigenvalue weighted by molar-refractivity contribution is 6.08. The standard InChI is InChI=1S/C16H19NO5/c1-20-15(18)11-9-5-3-4-6-10(9)13-14(22-8-7-17-13)12(11)16(19)21-2/h17H,3-8H2,1-2H3. The second-order valence-electron chi connectivity index (χ2n) is 5.38. The maximum Gasteiger partial charge on any atom is 0.342 e. The van der Waals surface area contributed by atoms with Crippen molar-refractivity contribution in [2.24, 2.45) is 0 Å². The third kappa shape index (κ3) is 2.19. The molecule has 0 bridgehead atoms. The molecule has 0 radical (unpaired) electrons. The van der Waals surface area contributed by atoms with Crippen LogP contribution in [0.5, 0.6) is 5.75 Å². The Morgan fingerprint density at radius 2 is 1.64 bits per heavy atom. The minimum atomic E-state index is -0.575. The van der Waals surface area contributed by atoms with Crippen LogP contribution in [-0.2, 0) is 22.3 Å². The first-order valence-corrected chi connectivity index (χ1v) is 7.44. The minimum Gasteiger partial charge on any atom is -0.489 e. The molecule has 1 heterocycles. The number of esters is 2. The summed E-state index contributed by atoms with van der Waals surface area (Å²) in [6, 6.07) is 0. The molecule has 0 saturated heterocycles. The van der Waals surface area contributed by atoms with Crippen LogP contribution in [0.15, 0.2) is 0 Å². The molecule has 22 heavy (non-hydrogen) atoms. The first-order chi connectivity index (χ1) is 10.7. The summed E-state index contributed by atoms with van der Waals surface area (Å²) in [7, 11) is 2.61. The molecule has 0 fully saturated rings. The van der Waals surface area contributed by atoms with E-state index in [0.717, 1.165) is 42.5 Å². The Morgan fingerprint density at radius 3 is 2.32 bits per heavy atom. The Kier molecular flexibility index (Phi) is 3.92. The fourth-order valence-corrected chi connectivity index (χ4v) is 3.27. The van der Waals surface area contributed by atoms with Crippen LogP contribution in [0.25, 0.3) is 0 Å². The van der Waals surface area contributed by atoms with Gasteiger partial charge in [0.15, 0.2) is 5.75 Å². The summed E-state index contributed by atoms with van der Waals surface area (Å²) >= 11 is 0. The maximum atomic E-state index is 12.3. The molecule has 2 aliphatic rings. The molecule has 1 aliphatic carbocycles. The van der Waals surface area contributed by atoms with Gasteiger partial charge in [0.1, 0.15) is 12.2 Å². The fourth-order valence-electron chi connectivity index (χ4n) is 3.27. The lowest BCUT2D eigenvalue weighted by molar-refractivity contribution is 0.0549. The number of hydrogen-bond donors (Lipinski definition) is 1. The van der Waals surface area contributed by atoms with Gasteiger partial charge >= 0.3 is 11.9 Å². The van der Waals surface area contributed by atoms with Crippen molar-refractivity contribution >= 4 is 17.6 Å². The van der Waals surface area contributed by atoms with Crippen LogP contribution in [0.1, 0.15) is 44.7 Å². The molecule has 3 rings (SSSR count). The quantitative estimate of drug-likeness (QED) is 0.842. The number of rotatable bonds is 2. The molecule has 6 nitrogen and oxygen atoms in total. The van der Waals surface area contributed by atoms with E-state index in [-0.39, 0.29) is 5.56 Å². The van der Waals surface area contributed by atoms with Crippen molar-refractivity contribution in [2.45, 2.75) is 25.7 Å². The summed E-state index contributed by atoms with van der Waals surface area (Å²) < 4.78 is 15.5. The Balaban J connectivity index is 2.34. The van der Waals surface area contributed by atoms with Gasteiger partial charge in [-0.25, -0.2) is 9.59 Å². The number of fused-ring (bicyclic) bond motifs is 3. The highest BCUT2D eigenvalue weighted by atomic mass is 16.5. The Morgan fingerprint density at radius 1 is 1.00 bits per heavy atom. The van der Waals surface area contributed by atoms with Crippen molar-refractivity contribution in [3.05, 3.63) is 22.3 Å². The number of benzene rings is 1. The molecule has 1 aromatic rings. The molecule has 118 valence electrons. The average Bonchev–Trinajstić information content (AvgIpc) is 2.59. The Bertz CT molecular complexity index is 583. The highest BCUT2D eigenvalue weighted by Crippen LogP contribution is 2.43. The molecule has 1 N–H and O–H groups in total. The van der Waals surface area contributed by atoms with E-state index in [1.54, 1.807) is 0 Å². The SMILES string of the molecule is COC(=O)c1c2c(c3c(c1C(=O)OC)OCCN3)CCCC2. The van der Waals surface area contributed by atoms with E-state index in [4.69, 9.17) is 14.2 Å². The van der Waals surface area contributed by atoms with Gasteiger partial charge in [-0.2, -0.15) is 0 Å². The van der Waals surface area contributed by atoms with E-state index in [1.165, 1.54) is 14.2 Å². The Labute approximate surface area is 128 Å². The van der Waals surface area contributed by atoms with Crippen molar-refractivity contribution in [1.29, 1.82) is 0 Å². The second-order valence-corrected chi connectivity index (χ2v) is 5.38. The average molecular weight is 305 g/mol. The first kappa shape index (κ1) is 14.7. The predicted octanol–water partition coefficient (Wildman–Crippen LogP) is 1.94. The third-order valence-corrected chi connectivity index (χ3v) is 4.20. The van der Waals surface area contributed by atoms with Gasteiger partial charge in [0, 0.05) is 6.54 Å². The Hall–Kier alpha value is -2.24. The molecule has 0 spiro atoms. The molecule has 1 aromatic carbocycles. The second kappa shape index (κ2) is 5.87. The highest BCUT2D eigenvalue weighted by Gasteiger charge is 2.34. The molecule has 0 amide bonds. The summed E-state index contributed by atoms with van der Waals surface area (Å²) in [5, 5.41) is 3.31. The molecular weight excluding hydrogens is 286 g/mol. The van der Waals surface area contributed by atoms with Crippen LogP contribution < -0.4 is 10.1 Å². The van der Waals surface area contributed by atoms with Crippen LogP contribution >= 0.6 is 0 Å². The predicted molar refractivity (Wildman–Crippen MR) is 79.7 cm³/mol. The van der Waals surface area contributed by atoms with E-state index in [2.05, 4.69) is 5.32 Å². The van der Waals surface area contributed by atoms with Crippen LogP contribution in [-0.4, -0.2) is 39.3 Å². The van der Waals surface area contributed by atoms with Gasteiger partial charge in [0.25, 0.3) is 0 Å².